The molecule has 0 radical (unpaired) electrons. The summed E-state index contributed by atoms with van der Waals surface area (Å²) in [6.45, 7) is 4.75. The predicted octanol–water partition coefficient (Wildman–Crippen LogP) is 3.04. The molecule has 1 aromatic rings. The van der Waals surface area contributed by atoms with E-state index in [0.29, 0.717) is 12.0 Å². The highest BCUT2D eigenvalue weighted by Crippen LogP contribution is 2.44. The molecule has 1 unspecified atom stereocenters. The van der Waals surface area contributed by atoms with Gasteiger partial charge in [-0.2, -0.15) is 0 Å². The number of carbonyl (C=O) groups is 1. The molecule has 4 rings (SSSR count). The van der Waals surface area contributed by atoms with Crippen molar-refractivity contribution in [2.45, 2.75) is 38.1 Å². The summed E-state index contributed by atoms with van der Waals surface area (Å²) < 4.78 is 6.01. The van der Waals surface area contributed by atoms with Crippen molar-refractivity contribution in [1.29, 1.82) is 0 Å². The minimum absolute atomic E-state index is 0.177. The number of piperidine rings is 1. The molecule has 1 aromatic carbocycles. The van der Waals surface area contributed by atoms with Gasteiger partial charge >= 0.3 is 0 Å². The standard InChI is InChI=1S/C21H30N2O2/c1-22-11-9-21(10-12-22)13-19(15-25-14-17-7-8-17)23(16-21)20(24)18-5-3-2-4-6-18/h2-6,17,19H,7-16H2,1H3. The Morgan fingerprint density at radius 3 is 2.56 bits per heavy atom. The number of amides is 1. The second kappa shape index (κ2) is 7.08. The molecular formula is C21H30N2O2. The number of rotatable bonds is 5. The van der Waals surface area contributed by atoms with Crippen molar-refractivity contribution >= 4 is 5.91 Å². The molecule has 1 spiro atoms. The fourth-order valence-electron chi connectivity index (χ4n) is 4.41. The van der Waals surface area contributed by atoms with Crippen molar-refractivity contribution in [2.75, 3.05) is 39.9 Å². The van der Waals surface area contributed by atoms with Crippen LogP contribution in [0.3, 0.4) is 0 Å². The highest BCUT2D eigenvalue weighted by molar-refractivity contribution is 5.94. The van der Waals surface area contributed by atoms with Crippen LogP contribution >= 0.6 is 0 Å². The van der Waals surface area contributed by atoms with E-state index >= 15 is 0 Å². The Balaban J connectivity index is 1.47. The fourth-order valence-corrected chi connectivity index (χ4v) is 4.41. The van der Waals surface area contributed by atoms with Gasteiger partial charge in [0, 0.05) is 18.7 Å². The molecule has 3 fully saturated rings. The van der Waals surface area contributed by atoms with E-state index in [4.69, 9.17) is 4.74 Å². The summed E-state index contributed by atoms with van der Waals surface area (Å²) in [6.07, 6.45) is 6.12. The molecule has 2 saturated heterocycles. The number of carbonyl (C=O) groups excluding carboxylic acids is 1. The van der Waals surface area contributed by atoms with Crippen LogP contribution in [-0.2, 0) is 4.74 Å². The topological polar surface area (TPSA) is 32.8 Å². The first kappa shape index (κ1) is 17.0. The molecule has 0 N–H and O–H groups in total. The van der Waals surface area contributed by atoms with Gasteiger partial charge in [0.25, 0.3) is 5.91 Å². The zero-order valence-corrected chi connectivity index (χ0v) is 15.3. The molecule has 0 aromatic heterocycles. The second-order valence-corrected chi connectivity index (χ2v) is 8.44. The van der Waals surface area contributed by atoms with Crippen LogP contribution in [0.4, 0.5) is 0 Å². The molecule has 25 heavy (non-hydrogen) atoms. The van der Waals surface area contributed by atoms with Crippen molar-refractivity contribution in [2.24, 2.45) is 11.3 Å². The van der Waals surface area contributed by atoms with Gasteiger partial charge in [0.05, 0.1) is 12.6 Å². The molecule has 1 saturated carbocycles. The first-order valence-electron chi connectivity index (χ1n) is 9.78. The Kier molecular flexibility index (Phi) is 4.83. The molecule has 2 heterocycles. The van der Waals surface area contributed by atoms with E-state index in [2.05, 4.69) is 16.8 Å². The van der Waals surface area contributed by atoms with Crippen LogP contribution in [0.25, 0.3) is 0 Å². The zero-order chi connectivity index (χ0) is 17.3. The average molecular weight is 342 g/mol. The van der Waals surface area contributed by atoms with Crippen molar-refractivity contribution in [1.82, 2.24) is 9.80 Å². The van der Waals surface area contributed by atoms with Crippen LogP contribution in [0.15, 0.2) is 30.3 Å². The Morgan fingerprint density at radius 1 is 1.16 bits per heavy atom. The fraction of sp³-hybridized carbons (Fsp3) is 0.667. The van der Waals surface area contributed by atoms with Crippen molar-refractivity contribution in [3.63, 3.8) is 0 Å². The highest BCUT2D eigenvalue weighted by Gasteiger charge is 2.47. The van der Waals surface area contributed by atoms with E-state index in [1.165, 1.54) is 25.7 Å². The summed E-state index contributed by atoms with van der Waals surface area (Å²) >= 11 is 0. The first-order chi connectivity index (χ1) is 12.2. The van der Waals surface area contributed by atoms with Crippen LogP contribution in [0, 0.1) is 11.3 Å². The third-order valence-electron chi connectivity index (χ3n) is 6.31. The minimum atomic E-state index is 0.177. The summed E-state index contributed by atoms with van der Waals surface area (Å²) in [5, 5.41) is 0. The van der Waals surface area contributed by atoms with Crippen LogP contribution < -0.4 is 0 Å². The third-order valence-corrected chi connectivity index (χ3v) is 6.31. The molecule has 1 aliphatic carbocycles. The average Bonchev–Trinajstić information content (AvgIpc) is 3.40. The summed E-state index contributed by atoms with van der Waals surface area (Å²) in [7, 11) is 2.20. The Morgan fingerprint density at radius 2 is 1.88 bits per heavy atom. The van der Waals surface area contributed by atoms with Gasteiger partial charge in [0.1, 0.15) is 0 Å². The van der Waals surface area contributed by atoms with Crippen LogP contribution in [0.5, 0.6) is 0 Å². The highest BCUT2D eigenvalue weighted by atomic mass is 16.5. The lowest BCUT2D eigenvalue weighted by atomic mass is 9.77. The van der Waals surface area contributed by atoms with Crippen molar-refractivity contribution in [3.05, 3.63) is 35.9 Å². The molecule has 4 nitrogen and oxygen atoms in total. The number of hydrogen-bond acceptors (Lipinski definition) is 3. The molecule has 1 atom stereocenters. The minimum Gasteiger partial charge on any atom is -0.379 e. The number of nitrogens with zero attached hydrogens (tertiary/aromatic N) is 2. The lowest BCUT2D eigenvalue weighted by Gasteiger charge is -2.37. The quantitative estimate of drug-likeness (QED) is 0.824. The maximum atomic E-state index is 13.1. The van der Waals surface area contributed by atoms with E-state index in [1.54, 1.807) is 0 Å². The van der Waals surface area contributed by atoms with Gasteiger partial charge in [-0.25, -0.2) is 0 Å². The predicted molar refractivity (Wildman–Crippen MR) is 98.6 cm³/mol. The van der Waals surface area contributed by atoms with Crippen LogP contribution in [-0.4, -0.2) is 61.6 Å². The molecule has 1 amide bonds. The van der Waals surface area contributed by atoms with Gasteiger partial charge in [0.15, 0.2) is 0 Å². The summed E-state index contributed by atoms with van der Waals surface area (Å²) in [6, 6.07) is 9.97. The number of likely N-dealkylation sites (tertiary alicyclic amines) is 2. The second-order valence-electron chi connectivity index (χ2n) is 8.44. The van der Waals surface area contributed by atoms with Gasteiger partial charge < -0.3 is 14.5 Å². The van der Waals surface area contributed by atoms with E-state index in [9.17, 15) is 4.79 Å². The Labute approximate surface area is 151 Å². The van der Waals surface area contributed by atoms with Gasteiger partial charge in [-0.05, 0) is 75.7 Å². The Hall–Kier alpha value is -1.39. The van der Waals surface area contributed by atoms with E-state index < -0.39 is 0 Å². The molecular weight excluding hydrogens is 312 g/mol. The summed E-state index contributed by atoms with van der Waals surface area (Å²) in [4.78, 5) is 17.6. The lowest BCUT2D eigenvalue weighted by Crippen LogP contribution is -2.41. The normalized spacial score (nSPS) is 26.3. The first-order valence-corrected chi connectivity index (χ1v) is 9.78. The number of ether oxygens (including phenoxy) is 1. The molecule has 3 aliphatic rings. The van der Waals surface area contributed by atoms with E-state index in [0.717, 1.165) is 44.1 Å². The van der Waals surface area contributed by atoms with Crippen LogP contribution in [0.1, 0.15) is 42.5 Å². The summed E-state index contributed by atoms with van der Waals surface area (Å²) in [5.41, 5.74) is 1.10. The van der Waals surface area contributed by atoms with E-state index in [1.807, 2.05) is 30.3 Å². The smallest absolute Gasteiger partial charge is 0.254 e. The third kappa shape index (κ3) is 3.90. The van der Waals surface area contributed by atoms with Gasteiger partial charge in [0.2, 0.25) is 0 Å². The molecule has 136 valence electrons. The maximum Gasteiger partial charge on any atom is 0.254 e. The summed E-state index contributed by atoms with van der Waals surface area (Å²) in [5.74, 6) is 0.952. The Bertz CT molecular complexity index is 591. The van der Waals surface area contributed by atoms with Gasteiger partial charge in [-0.15, -0.1) is 0 Å². The molecule has 0 bridgehead atoms. The largest absolute Gasteiger partial charge is 0.379 e. The number of hydrogen-bond donors (Lipinski definition) is 0. The number of benzene rings is 1. The lowest BCUT2D eigenvalue weighted by molar-refractivity contribution is 0.0513. The maximum absolute atomic E-state index is 13.1. The zero-order valence-electron chi connectivity index (χ0n) is 15.3. The molecule has 2 aliphatic heterocycles. The SMILES string of the molecule is CN1CCC2(CC1)CC(COCC1CC1)N(C(=O)c1ccccc1)C2. The van der Waals surface area contributed by atoms with Crippen molar-refractivity contribution < 1.29 is 9.53 Å². The van der Waals surface area contributed by atoms with Gasteiger partial charge in [-0.3, -0.25) is 4.79 Å². The monoisotopic (exact) mass is 342 g/mol. The van der Waals surface area contributed by atoms with E-state index in [-0.39, 0.29) is 11.9 Å². The van der Waals surface area contributed by atoms with Crippen molar-refractivity contribution in [3.8, 4) is 0 Å². The molecule has 4 heteroatoms. The van der Waals surface area contributed by atoms with Crippen LogP contribution in [0.2, 0.25) is 0 Å². The van der Waals surface area contributed by atoms with Gasteiger partial charge in [-0.1, -0.05) is 18.2 Å².